The molecule has 3 atom stereocenters. The van der Waals surface area contributed by atoms with Crippen molar-refractivity contribution in [2.75, 3.05) is 13.1 Å². The first-order valence-electron chi connectivity index (χ1n) is 8.92. The van der Waals surface area contributed by atoms with Crippen molar-refractivity contribution in [3.63, 3.8) is 0 Å². The van der Waals surface area contributed by atoms with Crippen LogP contribution >= 0.6 is 0 Å². The summed E-state index contributed by atoms with van der Waals surface area (Å²) in [4.78, 5) is 15.1. The molecule has 0 spiro atoms. The quantitative estimate of drug-likeness (QED) is 0.867. The Bertz CT molecular complexity index is 358. The molecule has 0 aromatic rings. The van der Waals surface area contributed by atoms with E-state index in [1.165, 1.54) is 25.7 Å². The second-order valence-corrected chi connectivity index (χ2v) is 7.96. The molecule has 0 aromatic heterocycles. The minimum atomic E-state index is 0.0228. The van der Waals surface area contributed by atoms with Gasteiger partial charge in [0.05, 0.1) is 0 Å². The summed E-state index contributed by atoms with van der Waals surface area (Å²) in [6, 6.07) is 0.249. The molecule has 1 heterocycles. The lowest BCUT2D eigenvalue weighted by atomic mass is 9.60. The zero-order valence-corrected chi connectivity index (χ0v) is 14.4. The van der Waals surface area contributed by atoms with Gasteiger partial charge in [0.2, 0.25) is 5.91 Å². The van der Waals surface area contributed by atoms with Crippen LogP contribution in [0.5, 0.6) is 0 Å². The average molecular weight is 294 g/mol. The van der Waals surface area contributed by atoms with Gasteiger partial charge in [-0.3, -0.25) is 4.79 Å². The predicted octanol–water partition coefficient (Wildman–Crippen LogP) is 3.42. The van der Waals surface area contributed by atoms with E-state index in [9.17, 15) is 4.79 Å². The standard InChI is InChI=1S/C18H34N2O/c1-5-6-14-9-11-20(12-10-14)17(21)15-7-8-16(19)13(2)18(15,3)4/h13-16H,5-12,19H2,1-4H3. The Hall–Kier alpha value is -0.570. The molecule has 3 unspecified atom stereocenters. The fourth-order valence-electron chi connectivity index (χ4n) is 4.36. The Morgan fingerprint density at radius 3 is 2.38 bits per heavy atom. The third-order valence-corrected chi connectivity index (χ3v) is 6.42. The summed E-state index contributed by atoms with van der Waals surface area (Å²) < 4.78 is 0. The Morgan fingerprint density at radius 2 is 1.81 bits per heavy atom. The molecule has 0 bridgehead atoms. The number of carbonyl (C=O) groups excluding carboxylic acids is 1. The van der Waals surface area contributed by atoms with E-state index in [-0.39, 0.29) is 17.4 Å². The molecule has 0 aromatic carbocycles. The van der Waals surface area contributed by atoms with Gasteiger partial charge in [0, 0.05) is 25.0 Å². The molecule has 2 aliphatic rings. The molecule has 1 aliphatic carbocycles. The van der Waals surface area contributed by atoms with Crippen molar-refractivity contribution in [2.45, 2.75) is 72.3 Å². The smallest absolute Gasteiger partial charge is 0.226 e. The number of likely N-dealkylation sites (tertiary alicyclic amines) is 1. The largest absolute Gasteiger partial charge is 0.342 e. The molecule has 3 nitrogen and oxygen atoms in total. The van der Waals surface area contributed by atoms with E-state index in [0.29, 0.717) is 11.8 Å². The van der Waals surface area contributed by atoms with E-state index in [2.05, 4.69) is 32.6 Å². The average Bonchev–Trinajstić information content (AvgIpc) is 2.45. The van der Waals surface area contributed by atoms with Gasteiger partial charge in [-0.15, -0.1) is 0 Å². The predicted molar refractivity (Wildman–Crippen MR) is 87.9 cm³/mol. The molecular weight excluding hydrogens is 260 g/mol. The number of rotatable bonds is 3. The van der Waals surface area contributed by atoms with Crippen LogP contribution in [0.1, 0.15) is 66.2 Å². The fourth-order valence-corrected chi connectivity index (χ4v) is 4.36. The fraction of sp³-hybridized carbons (Fsp3) is 0.944. The summed E-state index contributed by atoms with van der Waals surface area (Å²) in [5, 5.41) is 0. The van der Waals surface area contributed by atoms with Gasteiger partial charge in [0.15, 0.2) is 0 Å². The van der Waals surface area contributed by atoms with E-state index < -0.39 is 0 Å². The van der Waals surface area contributed by atoms with Crippen molar-refractivity contribution in [3.05, 3.63) is 0 Å². The summed E-state index contributed by atoms with van der Waals surface area (Å²) in [6.45, 7) is 10.9. The van der Waals surface area contributed by atoms with Crippen LogP contribution in [0.25, 0.3) is 0 Å². The molecule has 1 aliphatic heterocycles. The van der Waals surface area contributed by atoms with E-state index in [0.717, 1.165) is 31.8 Å². The van der Waals surface area contributed by atoms with Gasteiger partial charge < -0.3 is 10.6 Å². The normalized spacial score (nSPS) is 34.0. The number of amides is 1. The molecule has 2 fully saturated rings. The van der Waals surface area contributed by atoms with Crippen LogP contribution in [0.4, 0.5) is 0 Å². The van der Waals surface area contributed by atoms with Crippen LogP contribution < -0.4 is 5.73 Å². The second kappa shape index (κ2) is 6.68. The maximum atomic E-state index is 13.0. The van der Waals surface area contributed by atoms with Crippen molar-refractivity contribution >= 4 is 5.91 Å². The van der Waals surface area contributed by atoms with Crippen molar-refractivity contribution in [2.24, 2.45) is 28.9 Å². The van der Waals surface area contributed by atoms with Gasteiger partial charge in [0.25, 0.3) is 0 Å². The van der Waals surface area contributed by atoms with Crippen LogP contribution in [0.3, 0.4) is 0 Å². The Kier molecular flexibility index (Phi) is 5.34. The zero-order valence-electron chi connectivity index (χ0n) is 14.4. The number of nitrogens with two attached hydrogens (primary N) is 1. The molecule has 1 saturated heterocycles. The molecule has 0 radical (unpaired) electrons. The van der Waals surface area contributed by atoms with Crippen molar-refractivity contribution in [1.29, 1.82) is 0 Å². The molecule has 2 N–H and O–H groups in total. The minimum absolute atomic E-state index is 0.0228. The van der Waals surface area contributed by atoms with Crippen LogP contribution in [0, 0.1) is 23.2 Å². The lowest BCUT2D eigenvalue weighted by Gasteiger charge is -2.48. The number of carbonyl (C=O) groups is 1. The van der Waals surface area contributed by atoms with Gasteiger partial charge in [-0.05, 0) is 42.9 Å². The summed E-state index contributed by atoms with van der Waals surface area (Å²) >= 11 is 0. The van der Waals surface area contributed by atoms with Gasteiger partial charge in [0.1, 0.15) is 0 Å². The zero-order chi connectivity index (χ0) is 15.6. The van der Waals surface area contributed by atoms with Gasteiger partial charge in [-0.1, -0.05) is 40.5 Å². The summed E-state index contributed by atoms with van der Waals surface area (Å²) in [6.07, 6.45) is 6.94. The summed E-state index contributed by atoms with van der Waals surface area (Å²) in [5.74, 6) is 1.81. The van der Waals surface area contributed by atoms with E-state index in [4.69, 9.17) is 5.73 Å². The van der Waals surface area contributed by atoms with Crippen LogP contribution in [0.15, 0.2) is 0 Å². The minimum Gasteiger partial charge on any atom is -0.342 e. The van der Waals surface area contributed by atoms with Crippen LogP contribution in [-0.2, 0) is 4.79 Å². The first kappa shape index (κ1) is 16.8. The number of nitrogens with zero attached hydrogens (tertiary/aromatic N) is 1. The highest BCUT2D eigenvalue weighted by atomic mass is 16.2. The Balaban J connectivity index is 1.97. The van der Waals surface area contributed by atoms with Crippen molar-refractivity contribution in [3.8, 4) is 0 Å². The maximum absolute atomic E-state index is 13.0. The summed E-state index contributed by atoms with van der Waals surface area (Å²) in [5.41, 5.74) is 6.24. The topological polar surface area (TPSA) is 46.3 Å². The third kappa shape index (κ3) is 3.44. The van der Waals surface area contributed by atoms with Crippen molar-refractivity contribution < 1.29 is 4.79 Å². The van der Waals surface area contributed by atoms with E-state index in [1.54, 1.807) is 0 Å². The second-order valence-electron chi connectivity index (χ2n) is 7.96. The Morgan fingerprint density at radius 1 is 1.19 bits per heavy atom. The van der Waals surface area contributed by atoms with E-state index >= 15 is 0 Å². The number of piperidine rings is 1. The van der Waals surface area contributed by atoms with Gasteiger partial charge >= 0.3 is 0 Å². The van der Waals surface area contributed by atoms with Crippen molar-refractivity contribution in [1.82, 2.24) is 4.90 Å². The highest BCUT2D eigenvalue weighted by Crippen LogP contribution is 2.45. The lowest BCUT2D eigenvalue weighted by molar-refractivity contribution is -0.145. The molecule has 122 valence electrons. The van der Waals surface area contributed by atoms with Gasteiger partial charge in [-0.2, -0.15) is 0 Å². The molecule has 2 rings (SSSR count). The molecule has 3 heteroatoms. The monoisotopic (exact) mass is 294 g/mol. The summed E-state index contributed by atoms with van der Waals surface area (Å²) in [7, 11) is 0. The van der Waals surface area contributed by atoms with E-state index in [1.807, 2.05) is 0 Å². The SMILES string of the molecule is CCCC1CCN(C(=O)C2CCC(N)C(C)C2(C)C)CC1. The lowest BCUT2D eigenvalue weighted by Crippen LogP contribution is -2.53. The highest BCUT2D eigenvalue weighted by molar-refractivity contribution is 5.80. The van der Waals surface area contributed by atoms with Gasteiger partial charge in [-0.25, -0.2) is 0 Å². The van der Waals surface area contributed by atoms with Crippen LogP contribution in [-0.4, -0.2) is 29.9 Å². The number of hydrogen-bond donors (Lipinski definition) is 1. The molecule has 1 saturated carbocycles. The third-order valence-electron chi connectivity index (χ3n) is 6.42. The first-order chi connectivity index (χ1) is 9.87. The number of hydrogen-bond acceptors (Lipinski definition) is 2. The first-order valence-corrected chi connectivity index (χ1v) is 8.92. The van der Waals surface area contributed by atoms with Crippen LogP contribution in [0.2, 0.25) is 0 Å². The highest BCUT2D eigenvalue weighted by Gasteiger charge is 2.46. The Labute approximate surface area is 130 Å². The molecule has 21 heavy (non-hydrogen) atoms. The maximum Gasteiger partial charge on any atom is 0.226 e. The molecular formula is C18H34N2O. The molecule has 1 amide bonds.